The molecule has 0 radical (unpaired) electrons. The Bertz CT molecular complexity index is 361. The molecule has 0 saturated carbocycles. The maximum atomic E-state index is 9.30. The first-order valence-corrected chi connectivity index (χ1v) is 7.01. The van der Waals surface area contributed by atoms with E-state index < -0.39 is 0 Å². The van der Waals surface area contributed by atoms with Gasteiger partial charge in [0.05, 0.1) is 0 Å². The van der Waals surface area contributed by atoms with E-state index in [-0.39, 0.29) is 5.54 Å². The number of piperidine rings is 1. The summed E-state index contributed by atoms with van der Waals surface area (Å²) in [5, 5.41) is 9.30. The molecule has 0 aromatic heterocycles. The normalized spacial score (nSPS) is 24.1. The van der Waals surface area contributed by atoms with Crippen LogP contribution in [0.5, 0.6) is 0 Å². The minimum atomic E-state index is 0.223. The lowest BCUT2D eigenvalue weighted by Gasteiger charge is -2.45. The Labute approximate surface area is 111 Å². The molecule has 1 unspecified atom stereocenters. The van der Waals surface area contributed by atoms with E-state index in [0.717, 1.165) is 32.4 Å². The number of benzene rings is 1. The average molecular weight is 247 g/mol. The summed E-state index contributed by atoms with van der Waals surface area (Å²) in [7, 11) is 0. The summed E-state index contributed by atoms with van der Waals surface area (Å²) in [4.78, 5) is 2.58. The zero-order valence-electron chi connectivity index (χ0n) is 11.6. The van der Waals surface area contributed by atoms with Gasteiger partial charge in [-0.05, 0) is 51.1 Å². The first-order chi connectivity index (χ1) is 8.62. The Hall–Kier alpha value is -0.860. The van der Waals surface area contributed by atoms with Crippen molar-refractivity contribution in [2.75, 3.05) is 19.7 Å². The van der Waals surface area contributed by atoms with Crippen LogP contribution in [0.15, 0.2) is 30.3 Å². The van der Waals surface area contributed by atoms with Gasteiger partial charge in [-0.2, -0.15) is 0 Å². The van der Waals surface area contributed by atoms with Gasteiger partial charge in [0, 0.05) is 18.7 Å². The van der Waals surface area contributed by atoms with Crippen LogP contribution in [-0.2, 0) is 6.42 Å². The quantitative estimate of drug-likeness (QED) is 0.884. The van der Waals surface area contributed by atoms with Crippen molar-refractivity contribution in [3.05, 3.63) is 35.9 Å². The summed E-state index contributed by atoms with van der Waals surface area (Å²) in [6.45, 7) is 7.19. The highest BCUT2D eigenvalue weighted by molar-refractivity contribution is 5.15. The fourth-order valence-electron chi connectivity index (χ4n) is 3.06. The van der Waals surface area contributed by atoms with Crippen LogP contribution in [0.2, 0.25) is 0 Å². The molecule has 1 aromatic rings. The van der Waals surface area contributed by atoms with E-state index in [9.17, 15) is 5.11 Å². The molecule has 2 nitrogen and oxygen atoms in total. The third-order valence-electron chi connectivity index (χ3n) is 4.22. The van der Waals surface area contributed by atoms with Crippen molar-refractivity contribution in [1.82, 2.24) is 4.90 Å². The maximum Gasteiger partial charge on any atom is 0.0460 e. The predicted molar refractivity (Wildman–Crippen MR) is 75.6 cm³/mol. The van der Waals surface area contributed by atoms with E-state index in [1.807, 2.05) is 0 Å². The molecule has 1 N–H and O–H groups in total. The lowest BCUT2D eigenvalue weighted by molar-refractivity contribution is 0.0285. The molecule has 0 amide bonds. The molecule has 1 atom stereocenters. The van der Waals surface area contributed by atoms with Crippen molar-refractivity contribution < 1.29 is 5.11 Å². The molecule has 100 valence electrons. The second-order valence-electron chi connectivity index (χ2n) is 6.08. The van der Waals surface area contributed by atoms with Crippen molar-refractivity contribution in [2.24, 2.45) is 5.92 Å². The Kier molecular flexibility index (Phi) is 4.41. The zero-order valence-corrected chi connectivity index (χ0v) is 11.6. The molecule has 0 aliphatic carbocycles. The SMILES string of the molecule is CC1(C)CC(CO)CCN1CCc1ccccc1. The largest absolute Gasteiger partial charge is 0.396 e. The molecule has 0 bridgehead atoms. The fourth-order valence-corrected chi connectivity index (χ4v) is 3.06. The van der Waals surface area contributed by atoms with E-state index in [2.05, 4.69) is 49.1 Å². The predicted octanol–water partition coefficient (Wildman–Crippen LogP) is 2.71. The van der Waals surface area contributed by atoms with Gasteiger partial charge in [0.25, 0.3) is 0 Å². The second kappa shape index (κ2) is 5.85. The highest BCUT2D eigenvalue weighted by Crippen LogP contribution is 2.31. The minimum absolute atomic E-state index is 0.223. The number of hydrogen-bond donors (Lipinski definition) is 1. The summed E-state index contributed by atoms with van der Waals surface area (Å²) < 4.78 is 0. The van der Waals surface area contributed by atoms with E-state index >= 15 is 0 Å². The van der Waals surface area contributed by atoms with Crippen molar-refractivity contribution in [3.63, 3.8) is 0 Å². The van der Waals surface area contributed by atoms with Crippen LogP contribution >= 0.6 is 0 Å². The van der Waals surface area contributed by atoms with Gasteiger partial charge in [-0.3, -0.25) is 4.90 Å². The lowest BCUT2D eigenvalue weighted by Crippen LogP contribution is -2.51. The molecule has 1 fully saturated rings. The average Bonchev–Trinajstić information content (AvgIpc) is 2.37. The van der Waals surface area contributed by atoms with Gasteiger partial charge in [-0.1, -0.05) is 30.3 Å². The van der Waals surface area contributed by atoms with Gasteiger partial charge in [0.1, 0.15) is 0 Å². The molecule has 1 saturated heterocycles. The highest BCUT2D eigenvalue weighted by atomic mass is 16.3. The van der Waals surface area contributed by atoms with Crippen molar-refractivity contribution in [3.8, 4) is 0 Å². The van der Waals surface area contributed by atoms with Crippen LogP contribution in [-0.4, -0.2) is 35.2 Å². The third kappa shape index (κ3) is 3.33. The Morgan fingerprint density at radius 1 is 1.28 bits per heavy atom. The molecule has 1 heterocycles. The standard InChI is InChI=1S/C16H25NO/c1-16(2)12-15(13-18)9-11-17(16)10-8-14-6-4-3-5-7-14/h3-7,15,18H,8-13H2,1-2H3. The van der Waals surface area contributed by atoms with E-state index in [1.54, 1.807) is 0 Å². The lowest BCUT2D eigenvalue weighted by atomic mass is 9.83. The van der Waals surface area contributed by atoms with Crippen molar-refractivity contribution in [1.29, 1.82) is 0 Å². The van der Waals surface area contributed by atoms with Crippen LogP contribution in [0.4, 0.5) is 0 Å². The fraction of sp³-hybridized carbons (Fsp3) is 0.625. The first kappa shape index (κ1) is 13.6. The summed E-state index contributed by atoms with van der Waals surface area (Å²) in [6.07, 6.45) is 3.36. The summed E-state index contributed by atoms with van der Waals surface area (Å²) in [5.74, 6) is 0.493. The highest BCUT2D eigenvalue weighted by Gasteiger charge is 2.33. The monoisotopic (exact) mass is 247 g/mol. The van der Waals surface area contributed by atoms with Crippen LogP contribution in [0, 0.1) is 5.92 Å². The van der Waals surface area contributed by atoms with Gasteiger partial charge in [0.2, 0.25) is 0 Å². The van der Waals surface area contributed by atoms with Crippen molar-refractivity contribution in [2.45, 2.75) is 38.6 Å². The van der Waals surface area contributed by atoms with Crippen molar-refractivity contribution >= 4 is 0 Å². The number of rotatable bonds is 4. The van der Waals surface area contributed by atoms with Gasteiger partial charge < -0.3 is 5.11 Å². The van der Waals surface area contributed by atoms with Crippen LogP contribution < -0.4 is 0 Å². The Balaban J connectivity index is 1.90. The van der Waals surface area contributed by atoms with Gasteiger partial charge >= 0.3 is 0 Å². The maximum absolute atomic E-state index is 9.30. The molecular weight excluding hydrogens is 222 g/mol. The summed E-state index contributed by atoms with van der Waals surface area (Å²) in [6, 6.07) is 10.7. The smallest absolute Gasteiger partial charge is 0.0460 e. The number of nitrogens with zero attached hydrogens (tertiary/aromatic N) is 1. The molecule has 0 spiro atoms. The zero-order chi connectivity index (χ0) is 13.0. The topological polar surface area (TPSA) is 23.5 Å². The summed E-state index contributed by atoms with van der Waals surface area (Å²) >= 11 is 0. The molecule has 2 rings (SSSR count). The van der Waals surface area contributed by atoms with Crippen LogP contribution in [0.1, 0.15) is 32.3 Å². The summed E-state index contributed by atoms with van der Waals surface area (Å²) in [5.41, 5.74) is 1.64. The Morgan fingerprint density at radius 3 is 2.61 bits per heavy atom. The van der Waals surface area contributed by atoms with E-state index in [1.165, 1.54) is 5.56 Å². The first-order valence-electron chi connectivity index (χ1n) is 7.01. The third-order valence-corrected chi connectivity index (χ3v) is 4.22. The molecular formula is C16H25NO. The second-order valence-corrected chi connectivity index (χ2v) is 6.08. The molecule has 18 heavy (non-hydrogen) atoms. The Morgan fingerprint density at radius 2 is 2.00 bits per heavy atom. The van der Waals surface area contributed by atoms with Crippen LogP contribution in [0.25, 0.3) is 0 Å². The molecule has 2 heteroatoms. The van der Waals surface area contributed by atoms with Gasteiger partial charge in [-0.25, -0.2) is 0 Å². The minimum Gasteiger partial charge on any atom is -0.396 e. The number of hydrogen-bond acceptors (Lipinski definition) is 2. The molecule has 1 aliphatic heterocycles. The molecule has 1 aromatic carbocycles. The van der Waals surface area contributed by atoms with E-state index in [4.69, 9.17) is 0 Å². The molecule has 1 aliphatic rings. The number of likely N-dealkylation sites (tertiary alicyclic amines) is 1. The number of aliphatic hydroxyl groups excluding tert-OH is 1. The number of aliphatic hydroxyl groups is 1. The van der Waals surface area contributed by atoms with E-state index in [0.29, 0.717) is 12.5 Å². The van der Waals surface area contributed by atoms with Gasteiger partial charge in [-0.15, -0.1) is 0 Å². The van der Waals surface area contributed by atoms with Gasteiger partial charge in [0.15, 0.2) is 0 Å². The van der Waals surface area contributed by atoms with Crippen LogP contribution in [0.3, 0.4) is 0 Å².